The van der Waals surface area contributed by atoms with Crippen LogP contribution < -0.4 is 4.90 Å². The van der Waals surface area contributed by atoms with Gasteiger partial charge in [0.1, 0.15) is 5.82 Å². The van der Waals surface area contributed by atoms with E-state index in [0.29, 0.717) is 15.6 Å². The van der Waals surface area contributed by atoms with Gasteiger partial charge < -0.3 is 4.74 Å². The molecule has 0 bridgehead atoms. The minimum Gasteiger partial charge on any atom is -0.465 e. The van der Waals surface area contributed by atoms with Crippen molar-refractivity contribution in [2.45, 2.75) is 0 Å². The van der Waals surface area contributed by atoms with Crippen molar-refractivity contribution in [3.05, 3.63) is 69.3 Å². The molecule has 132 valence electrons. The first-order valence-corrected chi connectivity index (χ1v) is 8.93. The maximum absolute atomic E-state index is 14.0. The minimum atomic E-state index is -0.523. The van der Waals surface area contributed by atoms with Crippen LogP contribution in [-0.4, -0.2) is 23.3 Å². The van der Waals surface area contributed by atoms with Crippen molar-refractivity contribution in [3.63, 3.8) is 0 Å². The molecule has 3 rings (SSSR count). The number of thiocarbonyl (C=S) groups is 1. The highest BCUT2D eigenvalue weighted by Gasteiger charge is 2.33. The normalized spacial score (nSPS) is 15.7. The number of halogens is 2. The largest absolute Gasteiger partial charge is 0.465 e. The second-order valence-electron chi connectivity index (χ2n) is 5.19. The number of thioether (sulfide) groups is 1. The van der Waals surface area contributed by atoms with Crippen LogP contribution in [0.3, 0.4) is 0 Å². The van der Waals surface area contributed by atoms with E-state index in [-0.39, 0.29) is 21.4 Å². The molecule has 0 spiro atoms. The number of methoxy groups -OCH3 is 1. The quantitative estimate of drug-likeness (QED) is 0.420. The van der Waals surface area contributed by atoms with Gasteiger partial charge in [-0.05, 0) is 42.5 Å². The van der Waals surface area contributed by atoms with Crippen LogP contribution in [-0.2, 0) is 9.53 Å². The zero-order valence-corrected chi connectivity index (χ0v) is 15.8. The Balaban J connectivity index is 1.92. The Morgan fingerprint density at radius 1 is 1.27 bits per heavy atom. The fourth-order valence-corrected chi connectivity index (χ4v) is 3.83. The molecule has 1 amide bonds. The molecular weight excluding hydrogens is 397 g/mol. The Morgan fingerprint density at radius 2 is 1.96 bits per heavy atom. The standard InChI is InChI=1S/C18H11ClFNO3S2/c1-24-17(23)10-5-7-11(8-6-10)21-16(22)15(26-18(21)25)9-12-13(19)3-2-4-14(12)20/h2-9H,1H3. The first kappa shape index (κ1) is 18.6. The van der Waals surface area contributed by atoms with Crippen LogP contribution >= 0.6 is 35.6 Å². The highest BCUT2D eigenvalue weighted by Crippen LogP contribution is 2.37. The number of benzene rings is 2. The molecule has 2 aromatic carbocycles. The molecule has 0 saturated carbocycles. The third kappa shape index (κ3) is 3.51. The van der Waals surface area contributed by atoms with Crippen molar-refractivity contribution in [2.75, 3.05) is 12.0 Å². The van der Waals surface area contributed by atoms with Gasteiger partial charge in [-0.1, -0.05) is 41.6 Å². The van der Waals surface area contributed by atoms with E-state index in [1.165, 1.54) is 42.4 Å². The molecule has 1 fully saturated rings. The number of ether oxygens (including phenoxy) is 1. The maximum Gasteiger partial charge on any atom is 0.337 e. The molecular formula is C18H11ClFNO3S2. The Morgan fingerprint density at radius 3 is 2.58 bits per heavy atom. The van der Waals surface area contributed by atoms with Crippen molar-refractivity contribution in [2.24, 2.45) is 0 Å². The van der Waals surface area contributed by atoms with Crippen LogP contribution in [0.2, 0.25) is 5.02 Å². The second-order valence-corrected chi connectivity index (χ2v) is 7.27. The number of rotatable bonds is 3. The summed E-state index contributed by atoms with van der Waals surface area (Å²) in [6, 6.07) is 10.6. The summed E-state index contributed by atoms with van der Waals surface area (Å²) < 4.78 is 18.9. The van der Waals surface area contributed by atoms with Crippen LogP contribution in [0.5, 0.6) is 0 Å². The maximum atomic E-state index is 14.0. The minimum absolute atomic E-state index is 0.135. The van der Waals surface area contributed by atoms with Crippen LogP contribution in [0.1, 0.15) is 15.9 Å². The molecule has 0 unspecified atom stereocenters. The van der Waals surface area contributed by atoms with Gasteiger partial charge >= 0.3 is 5.97 Å². The first-order chi connectivity index (χ1) is 12.4. The number of carbonyl (C=O) groups is 2. The highest BCUT2D eigenvalue weighted by atomic mass is 35.5. The number of amides is 1. The fourth-order valence-electron chi connectivity index (χ4n) is 2.33. The van der Waals surface area contributed by atoms with Gasteiger partial charge in [0, 0.05) is 5.56 Å². The lowest BCUT2D eigenvalue weighted by Gasteiger charge is -2.14. The van der Waals surface area contributed by atoms with Gasteiger partial charge in [-0.3, -0.25) is 9.69 Å². The fraction of sp³-hybridized carbons (Fsp3) is 0.0556. The van der Waals surface area contributed by atoms with Gasteiger partial charge in [-0.2, -0.15) is 0 Å². The van der Waals surface area contributed by atoms with Crippen molar-refractivity contribution < 1.29 is 18.7 Å². The van der Waals surface area contributed by atoms with E-state index >= 15 is 0 Å². The Kier molecular flexibility index (Phi) is 5.41. The summed E-state index contributed by atoms with van der Waals surface area (Å²) in [5, 5.41) is 0.206. The van der Waals surface area contributed by atoms with Crippen LogP contribution in [0, 0.1) is 5.82 Å². The Labute approximate surface area is 163 Å². The topological polar surface area (TPSA) is 46.6 Å². The summed E-state index contributed by atoms with van der Waals surface area (Å²) in [6.07, 6.45) is 1.39. The summed E-state index contributed by atoms with van der Waals surface area (Å²) in [5.74, 6) is -1.38. The molecule has 0 aromatic heterocycles. The lowest BCUT2D eigenvalue weighted by molar-refractivity contribution is -0.113. The molecule has 0 atom stereocenters. The molecule has 0 aliphatic carbocycles. The van der Waals surface area contributed by atoms with E-state index in [1.807, 2.05) is 0 Å². The van der Waals surface area contributed by atoms with Crippen molar-refractivity contribution in [1.29, 1.82) is 0 Å². The van der Waals surface area contributed by atoms with E-state index in [0.717, 1.165) is 11.8 Å². The summed E-state index contributed by atoms with van der Waals surface area (Å²) in [6.45, 7) is 0. The zero-order chi connectivity index (χ0) is 18.8. The molecule has 1 aliphatic rings. The van der Waals surface area contributed by atoms with Gasteiger partial charge in [0.25, 0.3) is 5.91 Å². The van der Waals surface area contributed by atoms with E-state index in [9.17, 15) is 14.0 Å². The lowest BCUT2D eigenvalue weighted by Crippen LogP contribution is -2.27. The number of nitrogens with zero attached hydrogens (tertiary/aromatic N) is 1. The summed E-state index contributed by atoms with van der Waals surface area (Å²) in [4.78, 5) is 25.8. The molecule has 1 heterocycles. The number of hydrogen-bond donors (Lipinski definition) is 0. The van der Waals surface area contributed by atoms with Gasteiger partial charge in [0.15, 0.2) is 4.32 Å². The first-order valence-electron chi connectivity index (χ1n) is 7.32. The van der Waals surface area contributed by atoms with E-state index in [4.69, 9.17) is 23.8 Å². The van der Waals surface area contributed by atoms with Gasteiger partial charge in [-0.15, -0.1) is 0 Å². The average molecular weight is 408 g/mol. The van der Waals surface area contributed by atoms with Crippen LogP contribution in [0.15, 0.2) is 47.4 Å². The molecule has 1 saturated heterocycles. The molecule has 8 heteroatoms. The van der Waals surface area contributed by atoms with Crippen LogP contribution in [0.25, 0.3) is 6.08 Å². The van der Waals surface area contributed by atoms with Crippen LogP contribution in [0.4, 0.5) is 10.1 Å². The number of anilines is 1. The third-order valence-electron chi connectivity index (χ3n) is 3.62. The van der Waals surface area contributed by atoms with Crippen molar-refractivity contribution in [1.82, 2.24) is 0 Å². The Hall–Kier alpha value is -2.22. The summed E-state index contributed by atoms with van der Waals surface area (Å²) >= 11 is 12.3. The van der Waals surface area contributed by atoms with Crippen molar-refractivity contribution in [3.8, 4) is 0 Å². The van der Waals surface area contributed by atoms with Gasteiger partial charge in [0.05, 0.1) is 28.3 Å². The second kappa shape index (κ2) is 7.57. The zero-order valence-electron chi connectivity index (χ0n) is 13.4. The van der Waals surface area contributed by atoms with E-state index in [1.54, 1.807) is 18.2 Å². The predicted molar refractivity (Wildman–Crippen MR) is 105 cm³/mol. The Bertz CT molecular complexity index is 924. The van der Waals surface area contributed by atoms with Gasteiger partial charge in [-0.25, -0.2) is 9.18 Å². The molecule has 26 heavy (non-hydrogen) atoms. The van der Waals surface area contributed by atoms with E-state index < -0.39 is 11.8 Å². The molecule has 1 aliphatic heterocycles. The predicted octanol–water partition coefficient (Wildman–Crippen LogP) is 4.67. The smallest absolute Gasteiger partial charge is 0.337 e. The van der Waals surface area contributed by atoms with E-state index in [2.05, 4.69) is 4.74 Å². The summed E-state index contributed by atoms with van der Waals surface area (Å²) in [7, 11) is 1.29. The SMILES string of the molecule is COC(=O)c1ccc(N2C(=O)C(=Cc3c(F)cccc3Cl)SC2=S)cc1. The monoisotopic (exact) mass is 407 g/mol. The third-order valence-corrected chi connectivity index (χ3v) is 5.25. The van der Waals surface area contributed by atoms with Crippen molar-refractivity contribution >= 4 is 63.5 Å². The number of esters is 1. The summed E-state index contributed by atoms with van der Waals surface area (Å²) in [5.41, 5.74) is 0.995. The molecule has 2 aromatic rings. The van der Waals surface area contributed by atoms with Gasteiger partial charge in [0.2, 0.25) is 0 Å². The molecule has 4 nitrogen and oxygen atoms in total. The highest BCUT2D eigenvalue weighted by molar-refractivity contribution is 8.27. The number of carbonyl (C=O) groups excluding carboxylic acids is 2. The number of hydrogen-bond acceptors (Lipinski definition) is 5. The average Bonchev–Trinajstić information content (AvgIpc) is 2.91. The molecule has 0 N–H and O–H groups in total. The molecule has 0 radical (unpaired) electrons. The lowest BCUT2D eigenvalue weighted by atomic mass is 10.1.